The Morgan fingerprint density at radius 3 is 2.81 bits per heavy atom. The molecule has 1 aromatic carbocycles. The maximum Gasteiger partial charge on any atom is 0.281 e. The quantitative estimate of drug-likeness (QED) is 0.474. The molecule has 0 heterocycles. The molecule has 1 aromatic rings. The van der Waals surface area contributed by atoms with Crippen molar-refractivity contribution < 1.29 is 14.5 Å². The van der Waals surface area contributed by atoms with E-state index < -0.39 is 4.92 Å². The van der Waals surface area contributed by atoms with Gasteiger partial charge in [-0.2, -0.15) is 0 Å². The van der Waals surface area contributed by atoms with Gasteiger partial charge in [0.15, 0.2) is 5.78 Å². The number of Topliss-reactive ketones (excluding diaryl/α,β-unsaturated/α-hetero) is 1. The van der Waals surface area contributed by atoms with Gasteiger partial charge in [0.25, 0.3) is 5.69 Å². The first kappa shape index (κ1) is 12.8. The molecule has 0 unspecified atom stereocenters. The lowest BCUT2D eigenvalue weighted by Gasteiger charge is -2.02. The zero-order valence-corrected chi connectivity index (χ0v) is 10.2. The van der Waals surface area contributed by atoms with Gasteiger partial charge < -0.3 is 4.74 Å². The Labute approximate surface area is 101 Å². The molecule has 0 saturated heterocycles. The Bertz CT molecular complexity index is 419. The van der Waals surface area contributed by atoms with Gasteiger partial charge in [0.1, 0.15) is 6.61 Å². The molecule has 16 heavy (non-hydrogen) atoms. The highest BCUT2D eigenvalue weighted by atomic mass is 79.9. The molecular weight excluding hydrogens is 278 g/mol. The minimum Gasteiger partial charge on any atom is -0.374 e. The molecule has 86 valence electrons. The van der Waals surface area contributed by atoms with E-state index in [0.717, 1.165) is 0 Å². The van der Waals surface area contributed by atoms with Crippen molar-refractivity contribution in [3.63, 3.8) is 0 Å². The summed E-state index contributed by atoms with van der Waals surface area (Å²) in [4.78, 5) is 21.8. The second-order valence-corrected chi connectivity index (χ2v) is 3.89. The lowest BCUT2D eigenvalue weighted by atomic mass is 10.1. The predicted molar refractivity (Wildman–Crippen MR) is 61.6 cm³/mol. The van der Waals surface area contributed by atoms with Crippen molar-refractivity contribution in [1.82, 2.24) is 0 Å². The molecular formula is C10H10BrNO4. The SMILES string of the molecule is CCOCC(=O)c1ccc(Br)cc1[N+](=O)[O-]. The zero-order valence-electron chi connectivity index (χ0n) is 8.60. The van der Waals surface area contributed by atoms with E-state index in [9.17, 15) is 14.9 Å². The summed E-state index contributed by atoms with van der Waals surface area (Å²) in [5, 5.41) is 10.7. The molecule has 0 aliphatic rings. The first-order chi connectivity index (χ1) is 7.56. The van der Waals surface area contributed by atoms with Gasteiger partial charge in [-0.25, -0.2) is 0 Å². The fraction of sp³-hybridized carbons (Fsp3) is 0.300. The maximum atomic E-state index is 11.6. The van der Waals surface area contributed by atoms with Crippen LogP contribution >= 0.6 is 15.9 Å². The summed E-state index contributed by atoms with van der Waals surface area (Å²) in [7, 11) is 0. The molecule has 0 spiro atoms. The standard InChI is InChI=1S/C10H10BrNO4/c1-2-16-6-10(13)8-4-3-7(11)5-9(8)12(14)15/h3-5H,2,6H2,1H3. The maximum absolute atomic E-state index is 11.6. The highest BCUT2D eigenvalue weighted by Crippen LogP contribution is 2.23. The van der Waals surface area contributed by atoms with Gasteiger partial charge in [0, 0.05) is 17.1 Å². The summed E-state index contributed by atoms with van der Waals surface area (Å²) < 4.78 is 5.49. The van der Waals surface area contributed by atoms with Crippen molar-refractivity contribution in [2.24, 2.45) is 0 Å². The van der Waals surface area contributed by atoms with E-state index in [1.165, 1.54) is 12.1 Å². The van der Waals surface area contributed by atoms with Crippen molar-refractivity contribution >= 4 is 27.4 Å². The van der Waals surface area contributed by atoms with Gasteiger partial charge >= 0.3 is 0 Å². The van der Waals surface area contributed by atoms with E-state index in [2.05, 4.69) is 15.9 Å². The summed E-state index contributed by atoms with van der Waals surface area (Å²) in [6, 6.07) is 4.31. The topological polar surface area (TPSA) is 69.4 Å². The molecule has 0 amide bonds. The molecule has 1 rings (SSSR count). The van der Waals surface area contributed by atoms with Crippen LogP contribution in [0.5, 0.6) is 0 Å². The van der Waals surface area contributed by atoms with Crippen LogP contribution in [-0.4, -0.2) is 23.9 Å². The molecule has 0 aliphatic heterocycles. The minimum atomic E-state index is -0.579. The number of ether oxygens (including phenoxy) is 1. The molecule has 0 fully saturated rings. The Balaban J connectivity index is 3.03. The van der Waals surface area contributed by atoms with Crippen molar-refractivity contribution in [3.05, 3.63) is 38.3 Å². The Kier molecular flexibility index (Phi) is 4.57. The van der Waals surface area contributed by atoms with Crippen molar-refractivity contribution in [2.45, 2.75) is 6.92 Å². The monoisotopic (exact) mass is 287 g/mol. The van der Waals surface area contributed by atoms with Crippen LogP contribution in [0.2, 0.25) is 0 Å². The molecule has 0 aromatic heterocycles. The summed E-state index contributed by atoms with van der Waals surface area (Å²) in [5.74, 6) is -0.388. The Hall–Kier alpha value is -1.27. The number of nitrogens with zero attached hydrogens (tertiary/aromatic N) is 1. The van der Waals surface area contributed by atoms with E-state index in [1.807, 2.05) is 0 Å². The number of rotatable bonds is 5. The van der Waals surface area contributed by atoms with Gasteiger partial charge in [-0.15, -0.1) is 0 Å². The molecule has 5 nitrogen and oxygen atoms in total. The van der Waals surface area contributed by atoms with Gasteiger partial charge in [0.05, 0.1) is 10.5 Å². The lowest BCUT2D eigenvalue weighted by Crippen LogP contribution is -2.11. The van der Waals surface area contributed by atoms with Crippen LogP contribution in [0, 0.1) is 10.1 Å². The molecule has 0 saturated carbocycles. The largest absolute Gasteiger partial charge is 0.374 e. The number of hydrogen-bond acceptors (Lipinski definition) is 4. The zero-order chi connectivity index (χ0) is 12.1. The van der Waals surface area contributed by atoms with Crippen LogP contribution in [0.3, 0.4) is 0 Å². The fourth-order valence-electron chi connectivity index (χ4n) is 1.16. The third-order valence-corrected chi connectivity index (χ3v) is 2.39. The van der Waals surface area contributed by atoms with E-state index in [1.54, 1.807) is 13.0 Å². The number of benzene rings is 1. The summed E-state index contributed by atoms with van der Waals surface area (Å²) >= 11 is 3.12. The second kappa shape index (κ2) is 5.72. The molecule has 0 N–H and O–H groups in total. The molecule has 0 bridgehead atoms. The first-order valence-corrected chi connectivity index (χ1v) is 5.40. The number of hydrogen-bond donors (Lipinski definition) is 0. The number of carbonyl (C=O) groups is 1. The van der Waals surface area contributed by atoms with E-state index >= 15 is 0 Å². The summed E-state index contributed by atoms with van der Waals surface area (Å²) in [6.07, 6.45) is 0. The van der Waals surface area contributed by atoms with Crippen LogP contribution in [0.15, 0.2) is 22.7 Å². The number of nitro benzene ring substituents is 1. The van der Waals surface area contributed by atoms with Crippen LogP contribution in [0.25, 0.3) is 0 Å². The number of nitro groups is 1. The van der Waals surface area contributed by atoms with E-state index in [4.69, 9.17) is 4.74 Å². The van der Waals surface area contributed by atoms with Crippen molar-refractivity contribution in [2.75, 3.05) is 13.2 Å². The Morgan fingerprint density at radius 1 is 1.56 bits per heavy atom. The highest BCUT2D eigenvalue weighted by molar-refractivity contribution is 9.10. The van der Waals surface area contributed by atoms with Crippen molar-refractivity contribution in [1.29, 1.82) is 0 Å². The number of halogens is 1. The third kappa shape index (κ3) is 3.11. The van der Waals surface area contributed by atoms with Crippen LogP contribution in [-0.2, 0) is 4.74 Å². The molecule has 0 aliphatic carbocycles. The van der Waals surface area contributed by atoms with E-state index in [0.29, 0.717) is 11.1 Å². The van der Waals surface area contributed by atoms with E-state index in [-0.39, 0.29) is 23.6 Å². The minimum absolute atomic E-state index is 0.0710. The predicted octanol–water partition coefficient (Wildman–Crippen LogP) is 2.58. The van der Waals surface area contributed by atoms with Crippen molar-refractivity contribution in [3.8, 4) is 0 Å². The number of ketones is 1. The molecule has 0 radical (unpaired) electrons. The number of carbonyl (C=O) groups excluding carboxylic acids is 1. The third-order valence-electron chi connectivity index (χ3n) is 1.89. The van der Waals surface area contributed by atoms with Gasteiger partial charge in [-0.05, 0) is 19.1 Å². The normalized spacial score (nSPS) is 10.1. The lowest BCUT2D eigenvalue weighted by molar-refractivity contribution is -0.385. The molecule has 0 atom stereocenters. The highest BCUT2D eigenvalue weighted by Gasteiger charge is 2.20. The summed E-state index contributed by atoms with van der Waals surface area (Å²) in [5.41, 5.74) is -0.138. The first-order valence-electron chi connectivity index (χ1n) is 4.61. The average Bonchev–Trinajstić information content (AvgIpc) is 2.25. The van der Waals surface area contributed by atoms with Crippen LogP contribution in [0.4, 0.5) is 5.69 Å². The fourth-order valence-corrected chi connectivity index (χ4v) is 1.51. The van der Waals surface area contributed by atoms with Gasteiger partial charge in [-0.1, -0.05) is 15.9 Å². The average molecular weight is 288 g/mol. The Morgan fingerprint density at radius 2 is 2.25 bits per heavy atom. The van der Waals surface area contributed by atoms with Gasteiger partial charge in [-0.3, -0.25) is 14.9 Å². The van der Waals surface area contributed by atoms with Crippen LogP contribution < -0.4 is 0 Å². The van der Waals surface area contributed by atoms with Crippen LogP contribution in [0.1, 0.15) is 17.3 Å². The summed E-state index contributed by atoms with van der Waals surface area (Å²) in [6.45, 7) is 2.01. The van der Waals surface area contributed by atoms with Gasteiger partial charge in [0.2, 0.25) is 0 Å². The smallest absolute Gasteiger partial charge is 0.281 e. The second-order valence-electron chi connectivity index (χ2n) is 2.98. The molecule has 6 heteroatoms.